The molecule has 0 amide bonds. The van der Waals surface area contributed by atoms with Crippen molar-refractivity contribution in [3.8, 4) is 0 Å². The summed E-state index contributed by atoms with van der Waals surface area (Å²) in [6.45, 7) is 6.30. The molecule has 6 heteroatoms. The normalized spacial score (nSPS) is 13.0. The fourth-order valence-electron chi connectivity index (χ4n) is 6.48. The van der Waals surface area contributed by atoms with E-state index in [0.717, 1.165) is 103 Å². The summed E-state index contributed by atoms with van der Waals surface area (Å²) in [5.41, 5.74) is 0. The van der Waals surface area contributed by atoms with Gasteiger partial charge in [0, 0.05) is 19.3 Å². The standard InChI is InChI=1S/C57H92O6/c1-4-7-10-13-16-19-22-25-27-29-31-32-35-38-41-44-47-50-56(59)62-53-54(52-61-55(58)49-46-43-40-37-34-24-21-18-15-12-9-6-3)63-57(60)51-48-45-42-39-36-33-30-28-26-23-20-17-14-11-8-5-2/h7,9-10,12,16,18-19,21,25,27-28,30-32,34,37-38,41,54H,4-6,8,11,13-15,17,20,22-24,26,29,33,35-36,39-40,42-53H2,1-3H3/b10-7-,12-9-,19-16-,21-18-,27-25-,30-28-,32-31-,37-34-,41-38-. The van der Waals surface area contributed by atoms with Crippen LogP contribution in [0.5, 0.6) is 0 Å². The Kier molecular flexibility index (Phi) is 47.5. The average Bonchev–Trinajstić information content (AvgIpc) is 3.28. The van der Waals surface area contributed by atoms with Gasteiger partial charge in [0.05, 0.1) is 0 Å². The van der Waals surface area contributed by atoms with Gasteiger partial charge >= 0.3 is 17.9 Å². The number of ether oxygens (including phenoxy) is 3. The van der Waals surface area contributed by atoms with Crippen molar-refractivity contribution in [2.75, 3.05) is 13.2 Å². The van der Waals surface area contributed by atoms with Gasteiger partial charge in [-0.25, -0.2) is 0 Å². The van der Waals surface area contributed by atoms with Crippen LogP contribution in [0, 0.1) is 0 Å². The van der Waals surface area contributed by atoms with Gasteiger partial charge in [0.2, 0.25) is 0 Å². The molecule has 0 aromatic heterocycles. The molecule has 1 unspecified atom stereocenters. The lowest BCUT2D eigenvalue weighted by Crippen LogP contribution is -2.30. The molecule has 63 heavy (non-hydrogen) atoms. The monoisotopic (exact) mass is 873 g/mol. The van der Waals surface area contributed by atoms with Crippen molar-refractivity contribution in [1.82, 2.24) is 0 Å². The van der Waals surface area contributed by atoms with Gasteiger partial charge in [0.1, 0.15) is 13.2 Å². The van der Waals surface area contributed by atoms with Gasteiger partial charge < -0.3 is 14.2 Å². The first-order valence-corrected chi connectivity index (χ1v) is 25.4. The zero-order valence-corrected chi connectivity index (χ0v) is 40.5. The molecule has 0 aliphatic rings. The summed E-state index contributed by atoms with van der Waals surface area (Å²) in [5.74, 6) is -1.03. The van der Waals surface area contributed by atoms with Crippen LogP contribution in [0.4, 0.5) is 0 Å². The van der Waals surface area contributed by atoms with Crippen molar-refractivity contribution >= 4 is 17.9 Å². The van der Waals surface area contributed by atoms with Crippen LogP contribution in [0.2, 0.25) is 0 Å². The van der Waals surface area contributed by atoms with E-state index >= 15 is 0 Å². The first-order chi connectivity index (χ1) is 31.0. The molecule has 0 aliphatic carbocycles. The quantitative estimate of drug-likeness (QED) is 0.0263. The van der Waals surface area contributed by atoms with E-state index in [0.29, 0.717) is 25.7 Å². The second kappa shape index (κ2) is 50.7. The number of carbonyl (C=O) groups excluding carboxylic acids is 3. The predicted molar refractivity (Wildman–Crippen MR) is 270 cm³/mol. The van der Waals surface area contributed by atoms with Crippen LogP contribution in [-0.2, 0) is 28.6 Å². The zero-order valence-electron chi connectivity index (χ0n) is 40.5. The Morgan fingerprint density at radius 3 is 1.08 bits per heavy atom. The summed E-state index contributed by atoms with van der Waals surface area (Å²) >= 11 is 0. The third-order valence-electron chi connectivity index (χ3n) is 10.2. The molecule has 6 nitrogen and oxygen atoms in total. The van der Waals surface area contributed by atoms with Crippen LogP contribution in [0.15, 0.2) is 109 Å². The average molecular weight is 873 g/mol. The highest BCUT2D eigenvalue weighted by molar-refractivity contribution is 5.71. The Balaban J connectivity index is 4.54. The smallest absolute Gasteiger partial charge is 0.306 e. The number of allylic oxidation sites excluding steroid dienone is 18. The zero-order chi connectivity index (χ0) is 45.8. The van der Waals surface area contributed by atoms with Crippen molar-refractivity contribution in [2.24, 2.45) is 0 Å². The summed E-state index contributed by atoms with van der Waals surface area (Å²) in [4.78, 5) is 37.9. The van der Waals surface area contributed by atoms with E-state index in [1.165, 1.54) is 57.8 Å². The fourth-order valence-corrected chi connectivity index (χ4v) is 6.48. The summed E-state index contributed by atoms with van der Waals surface area (Å²) in [6.07, 6.45) is 68.0. The van der Waals surface area contributed by atoms with Gasteiger partial charge in [0.15, 0.2) is 6.10 Å². The lowest BCUT2D eigenvalue weighted by Gasteiger charge is -2.18. The third kappa shape index (κ3) is 49.0. The minimum Gasteiger partial charge on any atom is -0.462 e. The number of hydrogen-bond acceptors (Lipinski definition) is 6. The Labute approximate surface area is 387 Å². The van der Waals surface area contributed by atoms with Crippen molar-refractivity contribution < 1.29 is 28.6 Å². The highest BCUT2D eigenvalue weighted by atomic mass is 16.6. The Hall–Kier alpha value is -3.93. The van der Waals surface area contributed by atoms with E-state index in [2.05, 4.69) is 130 Å². The van der Waals surface area contributed by atoms with Crippen LogP contribution in [0.3, 0.4) is 0 Å². The topological polar surface area (TPSA) is 78.9 Å². The summed E-state index contributed by atoms with van der Waals surface area (Å²) in [7, 11) is 0. The van der Waals surface area contributed by atoms with Crippen LogP contribution in [0.25, 0.3) is 0 Å². The molecule has 0 heterocycles. The summed E-state index contributed by atoms with van der Waals surface area (Å²) in [5, 5.41) is 0. The predicted octanol–water partition coefficient (Wildman–Crippen LogP) is 16.8. The van der Waals surface area contributed by atoms with Gasteiger partial charge in [0.25, 0.3) is 0 Å². The maximum Gasteiger partial charge on any atom is 0.306 e. The maximum atomic E-state index is 12.8. The Bertz CT molecular complexity index is 1330. The molecule has 0 aromatic carbocycles. The fraction of sp³-hybridized carbons (Fsp3) is 0.632. The molecule has 0 aliphatic heterocycles. The Morgan fingerprint density at radius 2 is 0.635 bits per heavy atom. The van der Waals surface area contributed by atoms with Crippen molar-refractivity contribution in [2.45, 2.75) is 219 Å². The van der Waals surface area contributed by atoms with E-state index in [4.69, 9.17) is 14.2 Å². The molecular formula is C57H92O6. The molecule has 0 spiro atoms. The van der Waals surface area contributed by atoms with E-state index in [9.17, 15) is 14.4 Å². The summed E-state index contributed by atoms with van der Waals surface area (Å²) in [6, 6.07) is 0. The van der Waals surface area contributed by atoms with Gasteiger partial charge in [-0.2, -0.15) is 0 Å². The molecule has 0 bridgehead atoms. The van der Waals surface area contributed by atoms with Crippen LogP contribution in [-0.4, -0.2) is 37.2 Å². The largest absolute Gasteiger partial charge is 0.462 e. The lowest BCUT2D eigenvalue weighted by atomic mass is 10.1. The van der Waals surface area contributed by atoms with Crippen LogP contribution < -0.4 is 0 Å². The van der Waals surface area contributed by atoms with E-state index in [1.807, 2.05) is 0 Å². The highest BCUT2D eigenvalue weighted by Gasteiger charge is 2.19. The van der Waals surface area contributed by atoms with Crippen LogP contribution >= 0.6 is 0 Å². The number of esters is 3. The molecule has 0 saturated carbocycles. The van der Waals surface area contributed by atoms with E-state index < -0.39 is 6.10 Å². The molecule has 0 radical (unpaired) electrons. The van der Waals surface area contributed by atoms with E-state index in [-0.39, 0.29) is 37.5 Å². The number of hydrogen-bond donors (Lipinski definition) is 0. The SMILES string of the molecule is CC/C=C\C/C=C\C/C=C\C/C=C\C/C=C\CCCC(=O)OCC(COC(=O)CCCC/C=C\C/C=C\C/C=C\CC)OC(=O)CCCCCCC/C=C\CCCCCCCCC. The van der Waals surface area contributed by atoms with E-state index in [1.54, 1.807) is 0 Å². The number of unbranched alkanes of at least 4 members (excludes halogenated alkanes) is 15. The molecule has 356 valence electrons. The molecule has 1 atom stereocenters. The van der Waals surface area contributed by atoms with Gasteiger partial charge in [-0.3, -0.25) is 14.4 Å². The molecule has 0 aromatic rings. The Morgan fingerprint density at radius 1 is 0.333 bits per heavy atom. The second-order valence-corrected chi connectivity index (χ2v) is 16.3. The van der Waals surface area contributed by atoms with Gasteiger partial charge in [-0.05, 0) is 116 Å². The van der Waals surface area contributed by atoms with Crippen molar-refractivity contribution in [1.29, 1.82) is 0 Å². The highest BCUT2D eigenvalue weighted by Crippen LogP contribution is 2.12. The molecular weight excluding hydrogens is 781 g/mol. The van der Waals surface area contributed by atoms with Crippen molar-refractivity contribution in [3.63, 3.8) is 0 Å². The number of rotatable bonds is 44. The molecule has 0 saturated heterocycles. The molecule has 0 N–H and O–H groups in total. The van der Waals surface area contributed by atoms with Gasteiger partial charge in [-0.1, -0.05) is 188 Å². The lowest BCUT2D eigenvalue weighted by molar-refractivity contribution is -0.167. The summed E-state index contributed by atoms with van der Waals surface area (Å²) < 4.78 is 16.7. The third-order valence-corrected chi connectivity index (χ3v) is 10.2. The minimum atomic E-state index is -0.822. The maximum absolute atomic E-state index is 12.8. The molecule has 0 rings (SSSR count). The van der Waals surface area contributed by atoms with Gasteiger partial charge in [-0.15, -0.1) is 0 Å². The second-order valence-electron chi connectivity index (χ2n) is 16.3. The van der Waals surface area contributed by atoms with Crippen molar-refractivity contribution in [3.05, 3.63) is 109 Å². The first-order valence-electron chi connectivity index (χ1n) is 25.4. The van der Waals surface area contributed by atoms with Crippen LogP contribution in [0.1, 0.15) is 213 Å². The number of carbonyl (C=O) groups is 3. The molecule has 0 fully saturated rings. The minimum absolute atomic E-state index is 0.121. The first kappa shape index (κ1) is 59.1.